The van der Waals surface area contributed by atoms with Crippen molar-refractivity contribution in [3.8, 4) is 16.8 Å². The molecule has 0 bridgehead atoms. The summed E-state index contributed by atoms with van der Waals surface area (Å²) in [4.78, 5) is 21.4. The second-order valence-electron chi connectivity index (χ2n) is 6.83. The molecule has 4 rings (SSSR count). The quantitative estimate of drug-likeness (QED) is 0.394. The number of fused-ring (bicyclic) bond motifs is 1. The van der Waals surface area contributed by atoms with E-state index in [1.807, 2.05) is 67.7 Å². The topological polar surface area (TPSA) is 50.7 Å². The highest BCUT2D eigenvalue weighted by Crippen LogP contribution is 2.30. The first-order valence-corrected chi connectivity index (χ1v) is 9.86. The number of hydrogen-bond acceptors (Lipinski definition) is 3. The van der Waals surface area contributed by atoms with Gasteiger partial charge in [-0.1, -0.05) is 68.1 Å². The number of nitrogens with one attached hydrogen (secondary N) is 1. The van der Waals surface area contributed by atoms with Crippen molar-refractivity contribution in [2.75, 3.05) is 0 Å². The van der Waals surface area contributed by atoms with E-state index in [4.69, 9.17) is 4.98 Å². The molecule has 0 spiro atoms. The van der Waals surface area contributed by atoms with Crippen molar-refractivity contribution in [3.63, 3.8) is 0 Å². The van der Waals surface area contributed by atoms with Crippen LogP contribution in [-0.2, 0) is 0 Å². The molecule has 0 aliphatic rings. The van der Waals surface area contributed by atoms with Gasteiger partial charge in [0.2, 0.25) is 0 Å². The van der Waals surface area contributed by atoms with E-state index in [1.165, 1.54) is 0 Å². The summed E-state index contributed by atoms with van der Waals surface area (Å²) in [5.41, 5.74) is 5.12. The van der Waals surface area contributed by atoms with E-state index in [-0.39, 0.29) is 5.56 Å². The minimum absolute atomic E-state index is 0.0732. The van der Waals surface area contributed by atoms with Crippen LogP contribution in [0, 0.1) is 6.92 Å². The van der Waals surface area contributed by atoms with Crippen LogP contribution in [0.15, 0.2) is 70.7 Å². The van der Waals surface area contributed by atoms with Gasteiger partial charge in [0.1, 0.15) is 11.0 Å². The Morgan fingerprint density at radius 1 is 1.07 bits per heavy atom. The first kappa shape index (κ1) is 17.6. The van der Waals surface area contributed by atoms with Gasteiger partial charge in [-0.3, -0.25) is 9.36 Å². The minimum Gasteiger partial charge on any atom is -0.355 e. The lowest BCUT2D eigenvalue weighted by molar-refractivity contribution is 0.813. The van der Waals surface area contributed by atoms with Crippen LogP contribution in [0.25, 0.3) is 27.8 Å². The van der Waals surface area contributed by atoms with Crippen molar-refractivity contribution in [3.05, 3.63) is 76.7 Å². The van der Waals surface area contributed by atoms with Crippen LogP contribution in [0.4, 0.5) is 0 Å². The molecule has 0 fully saturated rings. The fourth-order valence-electron chi connectivity index (χ4n) is 3.16. The average molecular weight is 375 g/mol. The van der Waals surface area contributed by atoms with Gasteiger partial charge in [0.15, 0.2) is 5.16 Å². The smallest absolute Gasteiger partial charge is 0.283 e. The minimum atomic E-state index is -0.0732. The normalized spacial score (nSPS) is 11.4. The van der Waals surface area contributed by atoms with Crippen LogP contribution >= 0.6 is 11.8 Å². The molecule has 0 radical (unpaired) electrons. The number of thioether (sulfide) groups is 1. The predicted molar refractivity (Wildman–Crippen MR) is 113 cm³/mol. The van der Waals surface area contributed by atoms with Crippen LogP contribution in [0.1, 0.15) is 19.4 Å². The third-order valence-corrected chi connectivity index (χ3v) is 5.31. The number of aromatic amines is 1. The standard InChI is InChI=1S/C22H21N3OS/c1-14(2)27-22-24-19-18(16-9-5-4-6-10-16)13-23-20(19)21(26)25(22)17-11-7-8-15(3)12-17/h4-14,23H,1-3H3. The van der Waals surface area contributed by atoms with Crippen LogP contribution in [0.3, 0.4) is 0 Å². The third-order valence-electron chi connectivity index (χ3n) is 4.35. The molecule has 5 heteroatoms. The Hall–Kier alpha value is -2.79. The summed E-state index contributed by atoms with van der Waals surface area (Å²) in [7, 11) is 0. The highest BCUT2D eigenvalue weighted by Gasteiger charge is 2.18. The zero-order chi connectivity index (χ0) is 19.0. The molecule has 2 heterocycles. The van der Waals surface area contributed by atoms with E-state index in [1.54, 1.807) is 16.3 Å². The van der Waals surface area contributed by atoms with Crippen molar-refractivity contribution in [2.24, 2.45) is 0 Å². The van der Waals surface area contributed by atoms with Crippen molar-refractivity contribution >= 4 is 22.8 Å². The number of aryl methyl sites for hydroxylation is 1. The Kier molecular flexibility index (Phi) is 4.62. The molecule has 2 aromatic carbocycles. The van der Waals surface area contributed by atoms with E-state index in [0.717, 1.165) is 27.9 Å². The molecule has 0 saturated heterocycles. The van der Waals surface area contributed by atoms with Crippen LogP contribution < -0.4 is 5.56 Å². The number of benzene rings is 2. The Balaban J connectivity index is 2.01. The number of H-pyrrole nitrogens is 1. The summed E-state index contributed by atoms with van der Waals surface area (Å²) < 4.78 is 1.71. The Morgan fingerprint density at radius 2 is 1.85 bits per heavy atom. The zero-order valence-electron chi connectivity index (χ0n) is 15.6. The summed E-state index contributed by atoms with van der Waals surface area (Å²) in [5, 5.41) is 1.02. The summed E-state index contributed by atoms with van der Waals surface area (Å²) in [6, 6.07) is 18.0. The lowest BCUT2D eigenvalue weighted by atomic mass is 10.1. The van der Waals surface area contributed by atoms with Gasteiger partial charge >= 0.3 is 0 Å². The van der Waals surface area contributed by atoms with E-state index < -0.39 is 0 Å². The molecule has 0 aliphatic heterocycles. The molecular weight excluding hydrogens is 354 g/mol. The van der Waals surface area contributed by atoms with Gasteiger partial charge in [0, 0.05) is 17.0 Å². The maximum absolute atomic E-state index is 13.4. The maximum atomic E-state index is 13.4. The van der Waals surface area contributed by atoms with Gasteiger partial charge in [0.05, 0.1) is 5.69 Å². The van der Waals surface area contributed by atoms with Crippen molar-refractivity contribution in [2.45, 2.75) is 31.2 Å². The molecule has 27 heavy (non-hydrogen) atoms. The second kappa shape index (κ2) is 7.08. The van der Waals surface area contributed by atoms with Gasteiger partial charge < -0.3 is 4.98 Å². The molecular formula is C22H21N3OS. The summed E-state index contributed by atoms with van der Waals surface area (Å²) >= 11 is 1.60. The Labute approximate surface area is 162 Å². The van der Waals surface area contributed by atoms with Gasteiger partial charge in [-0.15, -0.1) is 0 Å². The first-order chi connectivity index (χ1) is 13.0. The first-order valence-electron chi connectivity index (χ1n) is 8.98. The number of aromatic nitrogens is 3. The maximum Gasteiger partial charge on any atom is 0.283 e. The fraction of sp³-hybridized carbons (Fsp3) is 0.182. The van der Waals surface area contributed by atoms with E-state index in [9.17, 15) is 4.79 Å². The molecule has 136 valence electrons. The zero-order valence-corrected chi connectivity index (χ0v) is 16.4. The SMILES string of the molecule is Cc1cccc(-n2c(SC(C)C)nc3c(-c4ccccc4)c[nH]c3c2=O)c1. The summed E-state index contributed by atoms with van der Waals surface area (Å²) in [6.45, 7) is 6.24. The fourth-order valence-corrected chi connectivity index (χ4v) is 4.02. The van der Waals surface area contributed by atoms with Gasteiger partial charge in [0.25, 0.3) is 5.56 Å². The Bertz CT molecular complexity index is 1160. The van der Waals surface area contributed by atoms with Crippen molar-refractivity contribution in [1.82, 2.24) is 14.5 Å². The number of nitrogens with zero attached hydrogens (tertiary/aromatic N) is 2. The molecule has 4 aromatic rings. The van der Waals surface area contributed by atoms with E-state index >= 15 is 0 Å². The van der Waals surface area contributed by atoms with E-state index in [2.05, 4.69) is 18.8 Å². The van der Waals surface area contributed by atoms with Crippen LogP contribution in [-0.4, -0.2) is 19.8 Å². The highest BCUT2D eigenvalue weighted by molar-refractivity contribution is 7.99. The molecule has 2 aromatic heterocycles. The number of hydrogen-bond donors (Lipinski definition) is 1. The molecule has 0 saturated carbocycles. The molecule has 1 N–H and O–H groups in total. The lowest BCUT2D eigenvalue weighted by Gasteiger charge is -2.14. The van der Waals surface area contributed by atoms with Crippen LogP contribution in [0.5, 0.6) is 0 Å². The Morgan fingerprint density at radius 3 is 2.56 bits per heavy atom. The predicted octanol–water partition coefficient (Wildman–Crippen LogP) is 5.19. The average Bonchev–Trinajstić information content (AvgIpc) is 3.06. The molecule has 0 unspecified atom stereocenters. The largest absolute Gasteiger partial charge is 0.355 e. The molecule has 0 atom stereocenters. The third kappa shape index (κ3) is 3.30. The molecule has 4 nitrogen and oxygen atoms in total. The van der Waals surface area contributed by atoms with E-state index in [0.29, 0.717) is 15.9 Å². The molecule has 0 aliphatic carbocycles. The summed E-state index contributed by atoms with van der Waals surface area (Å²) in [5.74, 6) is 0. The van der Waals surface area contributed by atoms with Crippen molar-refractivity contribution < 1.29 is 0 Å². The van der Waals surface area contributed by atoms with Crippen molar-refractivity contribution in [1.29, 1.82) is 0 Å². The summed E-state index contributed by atoms with van der Waals surface area (Å²) in [6.07, 6.45) is 1.87. The van der Waals surface area contributed by atoms with Crippen LogP contribution in [0.2, 0.25) is 0 Å². The monoisotopic (exact) mass is 375 g/mol. The highest BCUT2D eigenvalue weighted by atomic mass is 32.2. The molecule has 0 amide bonds. The van der Waals surface area contributed by atoms with Gasteiger partial charge in [-0.05, 0) is 30.2 Å². The van der Waals surface area contributed by atoms with Gasteiger partial charge in [-0.25, -0.2) is 4.98 Å². The number of rotatable bonds is 4. The lowest BCUT2D eigenvalue weighted by Crippen LogP contribution is -2.22. The van der Waals surface area contributed by atoms with Gasteiger partial charge in [-0.2, -0.15) is 0 Å². The second-order valence-corrected chi connectivity index (χ2v) is 8.38.